The maximum absolute atomic E-state index is 12.0. The van der Waals surface area contributed by atoms with Gasteiger partial charge in [-0.05, 0) is 51.1 Å². The minimum absolute atomic E-state index is 0.00859. The highest BCUT2D eigenvalue weighted by Gasteiger charge is 2.26. The molecule has 1 aromatic carbocycles. The maximum Gasteiger partial charge on any atom is 0.310 e. The number of hydrogen-bond acceptors (Lipinski definition) is 5. The van der Waals surface area contributed by atoms with Gasteiger partial charge in [0.1, 0.15) is 12.3 Å². The highest BCUT2D eigenvalue weighted by atomic mass is 16.6. The molecule has 1 saturated heterocycles. The first kappa shape index (κ1) is 19.6. The van der Waals surface area contributed by atoms with E-state index in [1.54, 1.807) is 0 Å². The average molecular weight is 370 g/mol. The Morgan fingerprint density at radius 3 is 2.85 bits per heavy atom. The number of benzene rings is 1. The van der Waals surface area contributed by atoms with Gasteiger partial charge in [0.15, 0.2) is 0 Å². The van der Waals surface area contributed by atoms with Crippen molar-refractivity contribution in [2.45, 2.75) is 39.0 Å². The number of oxime groups is 1. The smallest absolute Gasteiger partial charge is 0.310 e. The fourth-order valence-electron chi connectivity index (χ4n) is 3.77. The van der Waals surface area contributed by atoms with Crippen LogP contribution in [0.25, 0.3) is 0 Å². The van der Waals surface area contributed by atoms with Crippen molar-refractivity contribution < 1.29 is 14.4 Å². The van der Waals surface area contributed by atoms with E-state index in [1.165, 1.54) is 12.0 Å². The van der Waals surface area contributed by atoms with Gasteiger partial charge in [-0.1, -0.05) is 41.6 Å². The summed E-state index contributed by atoms with van der Waals surface area (Å²) in [5.41, 5.74) is 3.34. The minimum atomic E-state index is -0.0688. The quantitative estimate of drug-likeness (QED) is 0.302. The lowest BCUT2D eigenvalue weighted by atomic mass is 9.98. The van der Waals surface area contributed by atoms with Gasteiger partial charge in [0.05, 0.1) is 12.5 Å². The summed E-state index contributed by atoms with van der Waals surface area (Å²) >= 11 is 0. The molecular weight excluding hydrogens is 340 g/mol. The zero-order valence-electron chi connectivity index (χ0n) is 16.2. The van der Waals surface area contributed by atoms with Gasteiger partial charge in [-0.2, -0.15) is 0 Å². The van der Waals surface area contributed by atoms with Gasteiger partial charge in [-0.15, -0.1) is 0 Å². The van der Waals surface area contributed by atoms with E-state index < -0.39 is 0 Å². The monoisotopic (exact) mass is 370 g/mol. The Kier molecular flexibility index (Phi) is 7.45. The molecule has 1 unspecified atom stereocenters. The van der Waals surface area contributed by atoms with Crippen molar-refractivity contribution >= 4 is 11.7 Å². The second-order valence-electron chi connectivity index (χ2n) is 7.15. The topological polar surface area (TPSA) is 51.1 Å². The molecule has 1 fully saturated rings. The Hall–Kier alpha value is -2.14. The van der Waals surface area contributed by atoms with E-state index in [-0.39, 0.29) is 11.9 Å². The highest BCUT2D eigenvalue weighted by molar-refractivity contribution is 6.12. The molecule has 1 heterocycles. The molecular formula is C22H30N2O3. The van der Waals surface area contributed by atoms with Gasteiger partial charge < -0.3 is 9.57 Å². The van der Waals surface area contributed by atoms with Crippen LogP contribution in [-0.2, 0) is 14.4 Å². The van der Waals surface area contributed by atoms with Crippen LogP contribution >= 0.6 is 0 Å². The lowest BCUT2D eigenvalue weighted by molar-refractivity contribution is -0.150. The van der Waals surface area contributed by atoms with Gasteiger partial charge in [0.2, 0.25) is 0 Å². The lowest BCUT2D eigenvalue weighted by Gasteiger charge is -2.30. The summed E-state index contributed by atoms with van der Waals surface area (Å²) in [4.78, 5) is 19.9. The van der Waals surface area contributed by atoms with E-state index in [9.17, 15) is 4.79 Å². The summed E-state index contributed by atoms with van der Waals surface area (Å²) < 4.78 is 5.17. The van der Waals surface area contributed by atoms with Crippen molar-refractivity contribution in [1.82, 2.24) is 4.90 Å². The third-order valence-corrected chi connectivity index (χ3v) is 5.17. The Morgan fingerprint density at radius 2 is 2.11 bits per heavy atom. The molecule has 1 aliphatic carbocycles. The maximum atomic E-state index is 12.0. The summed E-state index contributed by atoms with van der Waals surface area (Å²) in [6.07, 6.45) is 7.57. The fourth-order valence-corrected chi connectivity index (χ4v) is 3.77. The van der Waals surface area contributed by atoms with Crippen molar-refractivity contribution in [3.63, 3.8) is 0 Å². The summed E-state index contributed by atoms with van der Waals surface area (Å²) in [5, 5.41) is 4.47. The lowest BCUT2D eigenvalue weighted by Crippen LogP contribution is -2.40. The molecule has 146 valence electrons. The average Bonchev–Trinajstić information content (AvgIpc) is 3.23. The van der Waals surface area contributed by atoms with E-state index in [1.807, 2.05) is 25.1 Å². The Labute approximate surface area is 162 Å². The Bertz CT molecular complexity index is 669. The van der Waals surface area contributed by atoms with Crippen LogP contribution in [-0.4, -0.2) is 49.4 Å². The molecule has 1 aromatic rings. The second kappa shape index (κ2) is 10.3. The summed E-state index contributed by atoms with van der Waals surface area (Å²) in [7, 11) is 0. The van der Waals surface area contributed by atoms with Crippen molar-refractivity contribution in [3.05, 3.63) is 47.5 Å². The molecule has 3 rings (SSSR count). The zero-order valence-corrected chi connectivity index (χ0v) is 16.2. The number of carbonyl (C=O) groups excluding carboxylic acids is 1. The molecule has 0 aromatic heterocycles. The molecule has 0 amide bonds. The minimum Gasteiger partial charge on any atom is -0.466 e. The number of ether oxygens (including phenoxy) is 1. The van der Waals surface area contributed by atoms with Crippen molar-refractivity contribution in [3.8, 4) is 0 Å². The normalized spacial score (nSPS) is 21.0. The van der Waals surface area contributed by atoms with Crippen LogP contribution in [0.2, 0.25) is 0 Å². The van der Waals surface area contributed by atoms with Gasteiger partial charge in [0.25, 0.3) is 0 Å². The van der Waals surface area contributed by atoms with Crippen LogP contribution in [0.4, 0.5) is 0 Å². The molecule has 27 heavy (non-hydrogen) atoms. The summed E-state index contributed by atoms with van der Waals surface area (Å²) in [6, 6.07) is 10.2. The Balaban J connectivity index is 1.53. The number of esters is 1. The number of likely N-dealkylation sites (tertiary alicyclic amines) is 1. The van der Waals surface area contributed by atoms with Gasteiger partial charge in [0, 0.05) is 18.7 Å². The van der Waals surface area contributed by atoms with Crippen molar-refractivity contribution in [1.29, 1.82) is 0 Å². The molecule has 1 atom stereocenters. The van der Waals surface area contributed by atoms with Crippen LogP contribution in [0.15, 0.2) is 47.1 Å². The Morgan fingerprint density at radius 1 is 1.26 bits per heavy atom. The number of allylic oxidation sites excluding steroid dienone is 2. The van der Waals surface area contributed by atoms with Crippen LogP contribution < -0.4 is 0 Å². The van der Waals surface area contributed by atoms with Gasteiger partial charge in [-0.25, -0.2) is 0 Å². The number of hydrogen-bond donors (Lipinski definition) is 0. The first-order valence-corrected chi connectivity index (χ1v) is 10.1. The predicted molar refractivity (Wildman–Crippen MR) is 107 cm³/mol. The predicted octanol–water partition coefficient (Wildman–Crippen LogP) is 3.79. The number of piperidine rings is 1. The standard InChI is InChI=1S/C22H30N2O3/c1-2-26-22(25)20-13-8-14-24(17-20)15-16-27-23-21(19-11-6-7-12-19)18-9-4-3-5-10-18/h3-5,9-11,20H,2,6-8,12-17H2,1H3. The third kappa shape index (κ3) is 5.67. The zero-order chi connectivity index (χ0) is 18.9. The second-order valence-corrected chi connectivity index (χ2v) is 7.15. The number of rotatable bonds is 8. The van der Waals surface area contributed by atoms with Crippen molar-refractivity contribution in [2.24, 2.45) is 11.1 Å². The van der Waals surface area contributed by atoms with Crippen LogP contribution in [0.3, 0.4) is 0 Å². The van der Waals surface area contributed by atoms with E-state index >= 15 is 0 Å². The van der Waals surface area contributed by atoms with Gasteiger partial charge >= 0.3 is 5.97 Å². The van der Waals surface area contributed by atoms with E-state index in [0.29, 0.717) is 13.2 Å². The van der Waals surface area contributed by atoms with Crippen molar-refractivity contribution in [2.75, 3.05) is 32.8 Å². The molecule has 1 aliphatic heterocycles. The first-order chi connectivity index (χ1) is 13.3. The third-order valence-electron chi connectivity index (χ3n) is 5.17. The number of carbonyl (C=O) groups is 1. The molecule has 2 aliphatic rings. The van der Waals surface area contributed by atoms with E-state index in [2.05, 4.69) is 28.3 Å². The largest absolute Gasteiger partial charge is 0.466 e. The molecule has 0 bridgehead atoms. The fraction of sp³-hybridized carbons (Fsp3) is 0.545. The van der Waals surface area contributed by atoms with E-state index in [0.717, 1.165) is 56.6 Å². The van der Waals surface area contributed by atoms with E-state index in [4.69, 9.17) is 9.57 Å². The van der Waals surface area contributed by atoms with Crippen LogP contribution in [0.5, 0.6) is 0 Å². The molecule has 5 heteroatoms. The summed E-state index contributed by atoms with van der Waals surface area (Å²) in [6.45, 7) is 5.36. The molecule has 5 nitrogen and oxygen atoms in total. The van der Waals surface area contributed by atoms with Gasteiger partial charge in [-0.3, -0.25) is 9.69 Å². The molecule has 0 radical (unpaired) electrons. The van der Waals surface area contributed by atoms with Crippen LogP contribution in [0.1, 0.15) is 44.6 Å². The SMILES string of the molecule is CCOC(=O)C1CCCN(CCON=C(C2=CCCC2)c2ccccc2)C1. The summed E-state index contributed by atoms with van der Waals surface area (Å²) in [5.74, 6) is -0.0774. The molecule has 0 saturated carbocycles. The molecule has 0 spiro atoms. The molecule has 0 N–H and O–H groups in total. The first-order valence-electron chi connectivity index (χ1n) is 10.1. The van der Waals surface area contributed by atoms with Crippen LogP contribution in [0, 0.1) is 5.92 Å². The highest BCUT2D eigenvalue weighted by Crippen LogP contribution is 2.23. The number of nitrogens with zero attached hydrogens (tertiary/aromatic N) is 2.